The Morgan fingerprint density at radius 2 is 2.10 bits per heavy atom. The van der Waals surface area contributed by atoms with Crippen molar-refractivity contribution < 1.29 is 9.84 Å². The number of aliphatic hydroxyl groups excluding tert-OH is 1. The van der Waals surface area contributed by atoms with Crippen molar-refractivity contribution in [1.29, 1.82) is 0 Å². The minimum atomic E-state index is -0.664. The molecule has 0 bridgehead atoms. The van der Waals surface area contributed by atoms with Crippen LogP contribution in [0.3, 0.4) is 0 Å². The fraction of sp³-hybridized carbons (Fsp3) is 0.643. The van der Waals surface area contributed by atoms with Gasteiger partial charge in [-0.15, -0.1) is 0 Å². The zero-order valence-corrected chi connectivity index (χ0v) is 12.4. The highest BCUT2D eigenvalue weighted by Gasteiger charge is 2.30. The number of anilines is 1. The predicted molar refractivity (Wildman–Crippen MR) is 77.6 cm³/mol. The smallest absolute Gasteiger partial charge is 0.156 e. The van der Waals surface area contributed by atoms with Crippen molar-refractivity contribution in [2.24, 2.45) is 5.92 Å². The number of imidazole rings is 1. The number of nitrogen functional groups attached to an aromatic ring is 1. The number of aliphatic hydroxyl groups is 1. The number of hydrogen-bond acceptors (Lipinski definition) is 6. The Labute approximate surface area is 123 Å². The maximum Gasteiger partial charge on any atom is 0.156 e. The van der Waals surface area contributed by atoms with Gasteiger partial charge in [0.15, 0.2) is 12.1 Å². The summed E-state index contributed by atoms with van der Waals surface area (Å²) in [5.41, 5.74) is 7.58. The standard InChI is InChI=1S/C14H21N5O2/c1-8-11-12(15)16-7-17-19(11)13(18-8)9-3-5-10(6-4-9)14(20)21-2/h7,9-10,14,20H,3-6H2,1-2H3,(H2,15,16,17). The number of aromatic nitrogens is 4. The minimum absolute atomic E-state index is 0.207. The van der Waals surface area contributed by atoms with Gasteiger partial charge in [-0.25, -0.2) is 14.5 Å². The molecule has 21 heavy (non-hydrogen) atoms. The van der Waals surface area contributed by atoms with E-state index < -0.39 is 6.29 Å². The van der Waals surface area contributed by atoms with Crippen LogP contribution in [0.25, 0.3) is 5.52 Å². The summed E-state index contributed by atoms with van der Waals surface area (Å²) in [6.07, 6.45) is 4.58. The molecule has 0 amide bonds. The molecule has 0 radical (unpaired) electrons. The minimum Gasteiger partial charge on any atom is -0.382 e. The third kappa shape index (κ3) is 2.47. The van der Waals surface area contributed by atoms with E-state index in [4.69, 9.17) is 10.5 Å². The summed E-state index contributed by atoms with van der Waals surface area (Å²) in [7, 11) is 1.54. The number of hydrogen-bond donors (Lipinski definition) is 2. The molecule has 3 rings (SSSR count). The molecule has 0 spiro atoms. The Morgan fingerprint density at radius 3 is 2.76 bits per heavy atom. The lowest BCUT2D eigenvalue weighted by molar-refractivity contribution is -0.121. The molecule has 2 heterocycles. The van der Waals surface area contributed by atoms with Crippen LogP contribution in [0.4, 0.5) is 5.82 Å². The molecule has 7 heteroatoms. The number of nitrogens with zero attached hydrogens (tertiary/aromatic N) is 4. The molecule has 1 saturated carbocycles. The Bertz CT molecular complexity index is 634. The summed E-state index contributed by atoms with van der Waals surface area (Å²) in [5.74, 6) is 1.95. The number of aryl methyl sites for hydroxylation is 1. The van der Waals surface area contributed by atoms with E-state index in [1.54, 1.807) is 7.11 Å². The maximum absolute atomic E-state index is 9.77. The van der Waals surface area contributed by atoms with E-state index in [0.717, 1.165) is 42.7 Å². The highest BCUT2D eigenvalue weighted by atomic mass is 16.6. The summed E-state index contributed by atoms with van der Waals surface area (Å²) in [6, 6.07) is 0. The van der Waals surface area contributed by atoms with Crippen LogP contribution in [0.2, 0.25) is 0 Å². The number of rotatable bonds is 3. The number of methoxy groups -OCH3 is 1. The molecule has 1 aliphatic carbocycles. The van der Waals surface area contributed by atoms with Crippen molar-refractivity contribution in [3.8, 4) is 0 Å². The van der Waals surface area contributed by atoms with Crippen LogP contribution >= 0.6 is 0 Å². The van der Waals surface area contributed by atoms with Crippen molar-refractivity contribution in [2.75, 3.05) is 12.8 Å². The first-order valence-electron chi connectivity index (χ1n) is 7.28. The van der Waals surface area contributed by atoms with Gasteiger partial charge in [0.1, 0.15) is 17.7 Å². The van der Waals surface area contributed by atoms with E-state index in [0.29, 0.717) is 11.7 Å². The zero-order valence-electron chi connectivity index (χ0n) is 12.4. The van der Waals surface area contributed by atoms with E-state index >= 15 is 0 Å². The fourth-order valence-electron chi connectivity index (χ4n) is 3.27. The van der Waals surface area contributed by atoms with Crippen LogP contribution in [0.5, 0.6) is 0 Å². The third-order valence-electron chi connectivity index (χ3n) is 4.44. The molecule has 0 saturated heterocycles. The lowest BCUT2D eigenvalue weighted by Crippen LogP contribution is -2.27. The first kappa shape index (κ1) is 14.2. The summed E-state index contributed by atoms with van der Waals surface area (Å²) in [6.45, 7) is 1.93. The molecule has 114 valence electrons. The second-order valence-corrected chi connectivity index (χ2v) is 5.70. The Balaban J connectivity index is 1.85. The second kappa shape index (κ2) is 5.57. The Hall–Kier alpha value is -1.73. The van der Waals surface area contributed by atoms with E-state index in [9.17, 15) is 5.11 Å². The molecule has 3 N–H and O–H groups in total. The van der Waals surface area contributed by atoms with Crippen LogP contribution in [-0.4, -0.2) is 38.1 Å². The molecular weight excluding hydrogens is 270 g/mol. The summed E-state index contributed by atoms with van der Waals surface area (Å²) in [5, 5.41) is 14.1. The highest BCUT2D eigenvalue weighted by Crippen LogP contribution is 2.37. The largest absolute Gasteiger partial charge is 0.382 e. The van der Waals surface area contributed by atoms with Crippen molar-refractivity contribution in [1.82, 2.24) is 19.6 Å². The van der Waals surface area contributed by atoms with Gasteiger partial charge in [0.2, 0.25) is 0 Å². The van der Waals surface area contributed by atoms with Gasteiger partial charge >= 0.3 is 0 Å². The van der Waals surface area contributed by atoms with Gasteiger partial charge in [0.25, 0.3) is 0 Å². The predicted octanol–water partition coefficient (Wildman–Crippen LogP) is 1.25. The van der Waals surface area contributed by atoms with Crippen molar-refractivity contribution in [2.45, 2.75) is 44.8 Å². The van der Waals surface area contributed by atoms with Crippen LogP contribution in [0.15, 0.2) is 6.33 Å². The van der Waals surface area contributed by atoms with Crippen LogP contribution in [0.1, 0.15) is 43.1 Å². The maximum atomic E-state index is 9.77. The highest BCUT2D eigenvalue weighted by molar-refractivity contribution is 5.68. The average molecular weight is 291 g/mol. The van der Waals surface area contributed by atoms with Crippen LogP contribution in [0, 0.1) is 12.8 Å². The number of nitrogens with two attached hydrogens (primary N) is 1. The topological polar surface area (TPSA) is 98.6 Å². The summed E-state index contributed by atoms with van der Waals surface area (Å²) >= 11 is 0. The molecule has 0 aliphatic heterocycles. The SMILES string of the molecule is COC(O)C1CCC(c2nc(C)c3c(N)ncnn23)CC1. The zero-order chi connectivity index (χ0) is 15.0. The van der Waals surface area contributed by atoms with E-state index in [1.807, 2.05) is 11.4 Å². The van der Waals surface area contributed by atoms with Gasteiger partial charge in [0, 0.05) is 18.9 Å². The summed E-state index contributed by atoms with van der Waals surface area (Å²) in [4.78, 5) is 8.68. The van der Waals surface area contributed by atoms with Gasteiger partial charge < -0.3 is 15.6 Å². The van der Waals surface area contributed by atoms with Crippen molar-refractivity contribution >= 4 is 11.3 Å². The molecular formula is C14H21N5O2. The molecule has 2 aromatic rings. The van der Waals surface area contributed by atoms with Crippen molar-refractivity contribution in [3.05, 3.63) is 17.8 Å². The molecule has 2 aromatic heterocycles. The molecule has 1 unspecified atom stereocenters. The Morgan fingerprint density at radius 1 is 1.38 bits per heavy atom. The van der Waals surface area contributed by atoms with Gasteiger partial charge in [-0.3, -0.25) is 0 Å². The number of fused-ring (bicyclic) bond motifs is 1. The lowest BCUT2D eigenvalue weighted by Gasteiger charge is -2.29. The summed E-state index contributed by atoms with van der Waals surface area (Å²) < 4.78 is 6.83. The number of ether oxygens (including phenoxy) is 1. The fourth-order valence-corrected chi connectivity index (χ4v) is 3.27. The molecule has 0 aromatic carbocycles. The lowest BCUT2D eigenvalue weighted by atomic mass is 9.81. The first-order valence-corrected chi connectivity index (χ1v) is 7.28. The molecule has 7 nitrogen and oxygen atoms in total. The molecule has 1 fully saturated rings. The van der Waals surface area contributed by atoms with Crippen molar-refractivity contribution in [3.63, 3.8) is 0 Å². The van der Waals surface area contributed by atoms with Crippen LogP contribution < -0.4 is 5.73 Å². The van der Waals surface area contributed by atoms with Gasteiger partial charge in [-0.1, -0.05) is 0 Å². The van der Waals surface area contributed by atoms with E-state index in [2.05, 4.69) is 15.1 Å². The average Bonchev–Trinajstić information content (AvgIpc) is 2.85. The molecule has 1 aliphatic rings. The van der Waals surface area contributed by atoms with Crippen LogP contribution in [-0.2, 0) is 4.74 Å². The quantitative estimate of drug-likeness (QED) is 0.826. The third-order valence-corrected chi connectivity index (χ3v) is 4.44. The monoisotopic (exact) mass is 291 g/mol. The van der Waals surface area contributed by atoms with Gasteiger partial charge in [-0.2, -0.15) is 5.10 Å². The van der Waals surface area contributed by atoms with E-state index in [1.165, 1.54) is 6.33 Å². The van der Waals surface area contributed by atoms with Gasteiger partial charge in [0.05, 0.1) is 5.69 Å². The van der Waals surface area contributed by atoms with E-state index in [-0.39, 0.29) is 5.92 Å². The second-order valence-electron chi connectivity index (χ2n) is 5.70. The normalized spacial score (nSPS) is 24.3. The first-order chi connectivity index (χ1) is 10.1. The van der Waals surface area contributed by atoms with Gasteiger partial charge in [-0.05, 0) is 32.6 Å². The Kier molecular flexibility index (Phi) is 3.77. The molecule has 1 atom stereocenters.